The zero-order valence-corrected chi connectivity index (χ0v) is 16.4. The van der Waals surface area contributed by atoms with Crippen LogP contribution in [0.25, 0.3) is 0 Å². The van der Waals surface area contributed by atoms with Crippen molar-refractivity contribution >= 4 is 27.6 Å². The molecule has 1 atom stereocenters. The van der Waals surface area contributed by atoms with Crippen LogP contribution in [-0.2, 0) is 10.2 Å². The van der Waals surface area contributed by atoms with Gasteiger partial charge in [-0.2, -0.15) is 8.42 Å². The van der Waals surface area contributed by atoms with Crippen molar-refractivity contribution in [3.63, 3.8) is 0 Å². The van der Waals surface area contributed by atoms with Gasteiger partial charge in [0.05, 0.1) is 17.3 Å². The van der Waals surface area contributed by atoms with Crippen LogP contribution in [0.3, 0.4) is 0 Å². The smallest absolute Gasteiger partial charge is 0.344 e. The number of hydrogen-bond acceptors (Lipinski definition) is 6. The molecule has 1 saturated heterocycles. The number of rotatable bonds is 4. The summed E-state index contributed by atoms with van der Waals surface area (Å²) in [6, 6.07) is 14.0. The number of nitrogens with one attached hydrogen (secondary N) is 2. The number of nitrogens with two attached hydrogens (primary N) is 1. The summed E-state index contributed by atoms with van der Waals surface area (Å²) in [6.07, 6.45) is 1.68. The molecule has 0 aliphatic carbocycles. The zero-order chi connectivity index (χ0) is 20.4. The molecule has 0 radical (unpaired) electrons. The SMILES string of the molecule is NC1=NS(=O)(=O)Nc2cccc(OC[C@H]3CCCN(C(=O)c4ccccc4)N3)c21. The first-order valence-electron chi connectivity index (χ1n) is 9.20. The molecule has 2 aliphatic heterocycles. The van der Waals surface area contributed by atoms with Crippen molar-refractivity contribution in [3.05, 3.63) is 59.7 Å². The Balaban J connectivity index is 1.44. The van der Waals surface area contributed by atoms with E-state index < -0.39 is 10.2 Å². The van der Waals surface area contributed by atoms with E-state index in [0.717, 1.165) is 12.8 Å². The van der Waals surface area contributed by atoms with Crippen LogP contribution in [0.2, 0.25) is 0 Å². The molecule has 2 aromatic carbocycles. The first kappa shape index (κ1) is 19.2. The van der Waals surface area contributed by atoms with E-state index in [4.69, 9.17) is 10.5 Å². The number of hydrogen-bond donors (Lipinski definition) is 3. The molecule has 10 heteroatoms. The molecular formula is C19H21N5O4S. The summed E-state index contributed by atoms with van der Waals surface area (Å²) in [5, 5.41) is 1.61. The van der Waals surface area contributed by atoms with E-state index in [0.29, 0.717) is 29.1 Å². The molecule has 1 fully saturated rings. The van der Waals surface area contributed by atoms with Gasteiger partial charge in [-0.05, 0) is 37.1 Å². The summed E-state index contributed by atoms with van der Waals surface area (Å²) in [7, 11) is -3.84. The van der Waals surface area contributed by atoms with Gasteiger partial charge in [0.2, 0.25) is 0 Å². The van der Waals surface area contributed by atoms with Gasteiger partial charge in [-0.3, -0.25) is 14.5 Å². The molecule has 4 N–H and O–H groups in total. The van der Waals surface area contributed by atoms with Crippen LogP contribution in [0.5, 0.6) is 5.75 Å². The molecule has 0 saturated carbocycles. The van der Waals surface area contributed by atoms with E-state index in [9.17, 15) is 13.2 Å². The van der Waals surface area contributed by atoms with Crippen LogP contribution in [-0.4, -0.2) is 44.4 Å². The average Bonchev–Trinajstić information content (AvgIpc) is 2.71. The first-order valence-corrected chi connectivity index (χ1v) is 10.6. The zero-order valence-electron chi connectivity index (χ0n) is 15.5. The molecule has 0 bridgehead atoms. The van der Waals surface area contributed by atoms with Crippen LogP contribution in [0.15, 0.2) is 52.9 Å². The third-order valence-corrected chi connectivity index (χ3v) is 5.63. The minimum atomic E-state index is -3.84. The van der Waals surface area contributed by atoms with Gasteiger partial charge in [0.15, 0.2) is 5.84 Å². The van der Waals surface area contributed by atoms with Crippen molar-refractivity contribution < 1.29 is 17.9 Å². The minimum Gasteiger partial charge on any atom is -0.491 e. The Kier molecular flexibility index (Phi) is 5.12. The Morgan fingerprint density at radius 2 is 2.00 bits per heavy atom. The summed E-state index contributed by atoms with van der Waals surface area (Å²) < 4.78 is 35.1. The second kappa shape index (κ2) is 7.72. The van der Waals surface area contributed by atoms with Gasteiger partial charge >= 0.3 is 10.2 Å². The fourth-order valence-electron chi connectivity index (χ4n) is 3.39. The Morgan fingerprint density at radius 1 is 1.21 bits per heavy atom. The van der Waals surface area contributed by atoms with Crippen molar-refractivity contribution in [2.45, 2.75) is 18.9 Å². The van der Waals surface area contributed by atoms with E-state index in [1.54, 1.807) is 35.3 Å². The first-order chi connectivity index (χ1) is 13.9. The van der Waals surface area contributed by atoms with Gasteiger partial charge in [-0.1, -0.05) is 24.3 Å². The molecule has 2 aromatic rings. The summed E-state index contributed by atoms with van der Waals surface area (Å²) in [5.74, 6) is 0.226. The monoisotopic (exact) mass is 415 g/mol. The standard InChI is InChI=1S/C19H21N5O4S/c20-18-17-15(22-29(26,27)23-18)9-4-10-16(17)28-12-14-8-5-11-24(21-14)19(25)13-6-2-1-3-7-13/h1-4,6-7,9-10,14,21-22H,5,8,11-12H2,(H2,20,23)/t14-/m1/s1. The van der Waals surface area contributed by atoms with Crippen LogP contribution in [0, 0.1) is 0 Å². The fourth-order valence-corrected chi connectivity index (χ4v) is 4.23. The molecule has 0 unspecified atom stereocenters. The molecule has 1 amide bonds. The number of anilines is 1. The second-order valence-electron chi connectivity index (χ2n) is 6.83. The van der Waals surface area contributed by atoms with Gasteiger partial charge in [0.1, 0.15) is 12.4 Å². The van der Waals surface area contributed by atoms with Gasteiger partial charge < -0.3 is 10.5 Å². The van der Waals surface area contributed by atoms with Crippen molar-refractivity contribution in [1.82, 2.24) is 10.4 Å². The van der Waals surface area contributed by atoms with Crippen molar-refractivity contribution in [2.24, 2.45) is 10.1 Å². The highest BCUT2D eigenvalue weighted by Crippen LogP contribution is 2.30. The average molecular weight is 415 g/mol. The Labute approximate surface area is 168 Å². The largest absolute Gasteiger partial charge is 0.491 e. The highest BCUT2D eigenvalue weighted by molar-refractivity contribution is 7.91. The fraction of sp³-hybridized carbons (Fsp3) is 0.263. The van der Waals surface area contributed by atoms with Gasteiger partial charge in [0.25, 0.3) is 5.91 Å². The Morgan fingerprint density at radius 3 is 2.79 bits per heavy atom. The third-order valence-electron chi connectivity index (χ3n) is 4.72. The number of carbonyl (C=O) groups excluding carboxylic acids is 1. The third kappa shape index (κ3) is 4.17. The molecule has 152 valence electrons. The van der Waals surface area contributed by atoms with Gasteiger partial charge in [-0.15, -0.1) is 4.40 Å². The number of benzene rings is 2. The number of ether oxygens (including phenoxy) is 1. The number of hydrazine groups is 1. The summed E-state index contributed by atoms with van der Waals surface area (Å²) in [6.45, 7) is 0.904. The molecular weight excluding hydrogens is 394 g/mol. The highest BCUT2D eigenvalue weighted by Gasteiger charge is 2.27. The lowest BCUT2D eigenvalue weighted by molar-refractivity contribution is 0.0482. The summed E-state index contributed by atoms with van der Waals surface area (Å²) >= 11 is 0. The molecule has 4 rings (SSSR count). The highest BCUT2D eigenvalue weighted by atomic mass is 32.2. The number of amidine groups is 1. The molecule has 0 aromatic heterocycles. The van der Waals surface area contributed by atoms with E-state index in [2.05, 4.69) is 14.5 Å². The lowest BCUT2D eigenvalue weighted by Crippen LogP contribution is -2.54. The maximum atomic E-state index is 12.6. The van der Waals surface area contributed by atoms with Crippen LogP contribution in [0.4, 0.5) is 5.69 Å². The number of carbonyl (C=O) groups is 1. The van der Waals surface area contributed by atoms with E-state index in [-0.39, 0.29) is 24.4 Å². The van der Waals surface area contributed by atoms with Gasteiger partial charge in [-0.25, -0.2) is 5.43 Å². The Bertz CT molecular complexity index is 1060. The molecule has 29 heavy (non-hydrogen) atoms. The number of amides is 1. The van der Waals surface area contributed by atoms with E-state index in [1.165, 1.54) is 0 Å². The normalized spacial score (nSPS) is 20.2. The van der Waals surface area contributed by atoms with Crippen LogP contribution < -0.4 is 20.6 Å². The van der Waals surface area contributed by atoms with Crippen LogP contribution in [0.1, 0.15) is 28.8 Å². The molecule has 2 heterocycles. The minimum absolute atomic E-state index is 0.0780. The van der Waals surface area contributed by atoms with Gasteiger partial charge in [0, 0.05) is 12.1 Å². The predicted octanol–water partition coefficient (Wildman–Crippen LogP) is 1.25. The topological polar surface area (TPSA) is 126 Å². The van der Waals surface area contributed by atoms with E-state index in [1.807, 2.05) is 18.2 Å². The number of fused-ring (bicyclic) bond motifs is 1. The Hall–Kier alpha value is -3.11. The summed E-state index contributed by atoms with van der Waals surface area (Å²) in [5.41, 5.74) is 10.4. The predicted molar refractivity (Wildman–Crippen MR) is 109 cm³/mol. The van der Waals surface area contributed by atoms with Crippen molar-refractivity contribution in [2.75, 3.05) is 17.9 Å². The number of nitrogens with zero attached hydrogens (tertiary/aromatic N) is 2. The lowest BCUT2D eigenvalue weighted by atomic mass is 10.1. The van der Waals surface area contributed by atoms with E-state index >= 15 is 0 Å². The van der Waals surface area contributed by atoms with Crippen LogP contribution >= 0.6 is 0 Å². The maximum Gasteiger partial charge on any atom is 0.344 e. The quantitative estimate of drug-likeness (QED) is 0.690. The second-order valence-corrected chi connectivity index (χ2v) is 8.17. The molecule has 2 aliphatic rings. The van der Waals surface area contributed by atoms with Crippen molar-refractivity contribution in [1.29, 1.82) is 0 Å². The molecule has 0 spiro atoms. The lowest BCUT2D eigenvalue weighted by Gasteiger charge is -2.34. The van der Waals surface area contributed by atoms with Crippen molar-refractivity contribution in [3.8, 4) is 5.75 Å². The summed E-state index contributed by atoms with van der Waals surface area (Å²) in [4.78, 5) is 12.6. The maximum absolute atomic E-state index is 12.6. The molecule has 9 nitrogen and oxygen atoms in total.